The zero-order chi connectivity index (χ0) is 17.3. The lowest BCUT2D eigenvalue weighted by molar-refractivity contribution is 0.318. The maximum atomic E-state index is 4.70. The topological polar surface area (TPSA) is 34.0 Å². The Hall–Kier alpha value is -2.20. The summed E-state index contributed by atoms with van der Waals surface area (Å²) >= 11 is 0. The lowest BCUT2D eigenvalue weighted by Crippen LogP contribution is -2.18. The van der Waals surface area contributed by atoms with E-state index in [0.717, 1.165) is 24.3 Å². The lowest BCUT2D eigenvalue weighted by atomic mass is 10.1. The van der Waals surface area contributed by atoms with Crippen LogP contribution in [0.5, 0.6) is 0 Å². The molecule has 4 heteroatoms. The van der Waals surface area contributed by atoms with Crippen molar-refractivity contribution >= 4 is 10.9 Å². The molecule has 0 aliphatic carbocycles. The molecule has 0 aliphatic heterocycles. The summed E-state index contributed by atoms with van der Waals surface area (Å²) in [5.74, 6) is 0. The quantitative estimate of drug-likeness (QED) is 0.704. The first kappa shape index (κ1) is 16.7. The van der Waals surface area contributed by atoms with Crippen molar-refractivity contribution in [3.8, 4) is 0 Å². The van der Waals surface area contributed by atoms with Gasteiger partial charge in [0.25, 0.3) is 0 Å². The van der Waals surface area contributed by atoms with Crippen molar-refractivity contribution < 1.29 is 0 Å². The van der Waals surface area contributed by atoms with E-state index >= 15 is 0 Å². The van der Waals surface area contributed by atoms with E-state index in [4.69, 9.17) is 5.10 Å². The van der Waals surface area contributed by atoms with E-state index < -0.39 is 0 Å². The average molecular weight is 322 g/mol. The number of benzene rings is 1. The van der Waals surface area contributed by atoms with Crippen LogP contribution in [0.25, 0.3) is 10.9 Å². The van der Waals surface area contributed by atoms with E-state index in [1.807, 2.05) is 12.3 Å². The van der Waals surface area contributed by atoms with Crippen LogP contribution in [-0.4, -0.2) is 26.7 Å². The Morgan fingerprint density at radius 1 is 1.08 bits per heavy atom. The van der Waals surface area contributed by atoms with Gasteiger partial charge in [0.15, 0.2) is 0 Å². The molecule has 0 aliphatic rings. The maximum absolute atomic E-state index is 4.70. The summed E-state index contributed by atoms with van der Waals surface area (Å²) in [7, 11) is 2.17. The fourth-order valence-corrected chi connectivity index (χ4v) is 3.35. The highest BCUT2D eigenvalue weighted by Gasteiger charge is 2.15. The maximum Gasteiger partial charge on any atom is 0.0705 e. The minimum atomic E-state index is 0.395. The average Bonchev–Trinajstić information content (AvgIpc) is 2.83. The van der Waals surface area contributed by atoms with Gasteiger partial charge in [-0.1, -0.05) is 18.2 Å². The summed E-state index contributed by atoms with van der Waals surface area (Å²) in [6.45, 7) is 10.4. The molecule has 0 amide bonds. The number of aromatic nitrogens is 3. The van der Waals surface area contributed by atoms with Gasteiger partial charge in [-0.25, -0.2) is 0 Å². The van der Waals surface area contributed by atoms with Gasteiger partial charge in [-0.05, 0) is 52.4 Å². The summed E-state index contributed by atoms with van der Waals surface area (Å²) in [5, 5.41) is 5.93. The van der Waals surface area contributed by atoms with Crippen LogP contribution < -0.4 is 0 Å². The van der Waals surface area contributed by atoms with Gasteiger partial charge in [0, 0.05) is 42.0 Å². The molecule has 3 aromatic rings. The number of rotatable bonds is 5. The van der Waals surface area contributed by atoms with Crippen LogP contribution in [0.4, 0.5) is 0 Å². The van der Waals surface area contributed by atoms with Crippen molar-refractivity contribution in [1.82, 2.24) is 19.7 Å². The predicted molar refractivity (Wildman–Crippen MR) is 99.0 cm³/mol. The number of hydrogen-bond donors (Lipinski definition) is 0. The molecule has 0 saturated carbocycles. The molecular weight excluding hydrogens is 296 g/mol. The molecule has 0 atom stereocenters. The molecule has 0 spiro atoms. The molecule has 4 nitrogen and oxygen atoms in total. The molecule has 0 unspecified atom stereocenters. The third-order valence-corrected chi connectivity index (χ3v) is 4.57. The SMILES string of the molecule is Cc1nn(C(C)C)c(C)c1CN(C)Cc1cccc2ncccc12. The smallest absolute Gasteiger partial charge is 0.0705 e. The summed E-state index contributed by atoms with van der Waals surface area (Å²) in [6.07, 6.45) is 1.85. The fraction of sp³-hybridized carbons (Fsp3) is 0.400. The fourth-order valence-electron chi connectivity index (χ4n) is 3.35. The van der Waals surface area contributed by atoms with Crippen molar-refractivity contribution in [1.29, 1.82) is 0 Å². The molecule has 2 heterocycles. The lowest BCUT2D eigenvalue weighted by Gasteiger charge is -2.18. The molecule has 126 valence electrons. The highest BCUT2D eigenvalue weighted by molar-refractivity contribution is 5.81. The van der Waals surface area contributed by atoms with Crippen molar-refractivity contribution in [3.63, 3.8) is 0 Å². The Morgan fingerprint density at radius 2 is 1.88 bits per heavy atom. The third kappa shape index (κ3) is 3.20. The normalized spacial score (nSPS) is 11.8. The summed E-state index contributed by atoms with van der Waals surface area (Å²) in [4.78, 5) is 6.80. The molecule has 2 aromatic heterocycles. The second-order valence-electron chi connectivity index (χ2n) is 6.85. The second kappa shape index (κ2) is 6.73. The first-order valence-electron chi connectivity index (χ1n) is 8.53. The minimum Gasteiger partial charge on any atom is -0.298 e. The zero-order valence-corrected chi connectivity index (χ0v) is 15.2. The largest absolute Gasteiger partial charge is 0.298 e. The van der Waals surface area contributed by atoms with Crippen molar-refractivity contribution in [2.24, 2.45) is 0 Å². The highest BCUT2D eigenvalue weighted by atomic mass is 15.3. The van der Waals surface area contributed by atoms with Crippen LogP contribution in [0.3, 0.4) is 0 Å². The number of nitrogens with zero attached hydrogens (tertiary/aromatic N) is 4. The van der Waals surface area contributed by atoms with E-state index in [0.29, 0.717) is 6.04 Å². The zero-order valence-electron chi connectivity index (χ0n) is 15.2. The van der Waals surface area contributed by atoms with Gasteiger partial charge in [-0.15, -0.1) is 0 Å². The van der Waals surface area contributed by atoms with Crippen LogP contribution >= 0.6 is 0 Å². The molecule has 24 heavy (non-hydrogen) atoms. The molecule has 0 fully saturated rings. The highest BCUT2D eigenvalue weighted by Crippen LogP contribution is 2.21. The van der Waals surface area contributed by atoms with Crippen molar-refractivity contribution in [2.45, 2.75) is 46.8 Å². The van der Waals surface area contributed by atoms with Gasteiger partial charge >= 0.3 is 0 Å². The standard InChI is InChI=1S/C20H26N4/c1-14(2)24-16(4)19(15(3)22-24)13-23(5)12-17-8-6-10-20-18(17)9-7-11-21-20/h6-11,14H,12-13H2,1-5H3. The molecule has 0 bridgehead atoms. The van der Waals surface area contributed by atoms with E-state index in [1.54, 1.807) is 0 Å². The van der Waals surface area contributed by atoms with Gasteiger partial charge in [-0.3, -0.25) is 14.6 Å². The molecule has 3 rings (SSSR count). The monoisotopic (exact) mass is 322 g/mol. The Bertz CT molecular complexity index is 843. The number of pyridine rings is 1. The summed E-state index contributed by atoms with van der Waals surface area (Å²) < 4.78 is 2.13. The number of aryl methyl sites for hydroxylation is 1. The van der Waals surface area contributed by atoms with E-state index in [-0.39, 0.29) is 0 Å². The van der Waals surface area contributed by atoms with Crippen molar-refractivity contribution in [3.05, 3.63) is 59.0 Å². The van der Waals surface area contributed by atoms with Gasteiger partial charge in [0.2, 0.25) is 0 Å². The van der Waals surface area contributed by atoms with Crippen molar-refractivity contribution in [2.75, 3.05) is 7.05 Å². The van der Waals surface area contributed by atoms with E-state index in [2.05, 4.69) is 73.6 Å². The Morgan fingerprint density at radius 3 is 2.58 bits per heavy atom. The minimum absolute atomic E-state index is 0.395. The van der Waals surface area contributed by atoms with Crippen LogP contribution in [0.2, 0.25) is 0 Å². The van der Waals surface area contributed by atoms with Crippen LogP contribution in [-0.2, 0) is 13.1 Å². The third-order valence-electron chi connectivity index (χ3n) is 4.57. The molecule has 0 radical (unpaired) electrons. The molecular formula is C20H26N4. The molecule has 1 aromatic carbocycles. The second-order valence-corrected chi connectivity index (χ2v) is 6.85. The Labute approximate surface area is 144 Å². The van der Waals surface area contributed by atoms with Gasteiger partial charge < -0.3 is 0 Å². The number of hydrogen-bond acceptors (Lipinski definition) is 3. The first-order valence-corrected chi connectivity index (χ1v) is 8.53. The number of fused-ring (bicyclic) bond motifs is 1. The van der Waals surface area contributed by atoms with Gasteiger partial charge in [0.1, 0.15) is 0 Å². The van der Waals surface area contributed by atoms with E-state index in [9.17, 15) is 0 Å². The Kier molecular flexibility index (Phi) is 4.67. The first-order chi connectivity index (χ1) is 11.5. The van der Waals surface area contributed by atoms with Crippen LogP contribution in [0.1, 0.15) is 42.4 Å². The molecule has 0 saturated heterocycles. The van der Waals surface area contributed by atoms with Gasteiger partial charge in [0.05, 0.1) is 11.2 Å². The predicted octanol–water partition coefficient (Wildman–Crippen LogP) is 4.26. The van der Waals surface area contributed by atoms with E-state index in [1.165, 1.54) is 22.2 Å². The van der Waals surface area contributed by atoms with Gasteiger partial charge in [-0.2, -0.15) is 5.10 Å². The molecule has 0 N–H and O–H groups in total. The van der Waals surface area contributed by atoms with Crippen LogP contribution in [0.15, 0.2) is 36.5 Å². The summed E-state index contributed by atoms with van der Waals surface area (Å²) in [6, 6.07) is 10.9. The Balaban J connectivity index is 1.82. The summed E-state index contributed by atoms with van der Waals surface area (Å²) in [5.41, 5.74) is 6.11. The van der Waals surface area contributed by atoms with Crippen LogP contribution in [0, 0.1) is 13.8 Å².